The summed E-state index contributed by atoms with van der Waals surface area (Å²) in [6.07, 6.45) is 2.27. The molecule has 0 bridgehead atoms. The maximum absolute atomic E-state index is 12.5. The molecule has 1 aliphatic rings. The molecule has 1 atom stereocenters. The molecular formula is C25H24NO6S-. The van der Waals surface area contributed by atoms with Gasteiger partial charge in [0.15, 0.2) is 6.61 Å². The minimum absolute atomic E-state index is 0.176. The summed E-state index contributed by atoms with van der Waals surface area (Å²) < 4.78 is 11.3. The molecule has 4 rings (SSSR count). The number of carboxylic acid groups (broad SMARTS) is 1. The number of rotatable bonds is 9. The monoisotopic (exact) mass is 466 g/mol. The highest BCUT2D eigenvalue weighted by atomic mass is 32.2. The van der Waals surface area contributed by atoms with Crippen LogP contribution >= 0.6 is 11.8 Å². The number of fused-ring (bicyclic) bond motifs is 3. The highest BCUT2D eigenvalue weighted by Gasteiger charge is 2.23. The molecule has 0 saturated heterocycles. The van der Waals surface area contributed by atoms with Crippen molar-refractivity contribution in [2.75, 3.05) is 12.4 Å². The minimum atomic E-state index is -1.34. The van der Waals surface area contributed by atoms with Crippen molar-refractivity contribution in [1.29, 1.82) is 0 Å². The Bertz CT molecular complexity index is 1240. The second-order valence-corrected chi connectivity index (χ2v) is 9.10. The first-order valence-electron chi connectivity index (χ1n) is 10.8. The number of benzene rings is 2. The number of aryl methyl sites for hydroxylation is 2. The first kappa shape index (κ1) is 22.9. The van der Waals surface area contributed by atoms with Gasteiger partial charge in [-0.3, -0.25) is 4.79 Å². The molecule has 3 aromatic rings. The fourth-order valence-electron chi connectivity index (χ4n) is 4.04. The van der Waals surface area contributed by atoms with Crippen LogP contribution in [0.5, 0.6) is 5.75 Å². The number of ether oxygens (including phenoxy) is 1. The van der Waals surface area contributed by atoms with E-state index in [-0.39, 0.29) is 18.0 Å². The van der Waals surface area contributed by atoms with Crippen LogP contribution in [0.2, 0.25) is 0 Å². The zero-order valence-electron chi connectivity index (χ0n) is 18.2. The molecule has 7 nitrogen and oxygen atoms in total. The van der Waals surface area contributed by atoms with Gasteiger partial charge in [-0.25, -0.2) is 4.79 Å². The first-order chi connectivity index (χ1) is 15.9. The average Bonchev–Trinajstić information content (AvgIpc) is 3.28. The summed E-state index contributed by atoms with van der Waals surface area (Å²) in [6.45, 7) is 1.48. The van der Waals surface area contributed by atoms with Crippen LogP contribution in [0.1, 0.15) is 28.7 Å². The second-order valence-electron chi connectivity index (χ2n) is 8.06. The van der Waals surface area contributed by atoms with Gasteiger partial charge >= 0.3 is 5.63 Å². The summed E-state index contributed by atoms with van der Waals surface area (Å²) in [6, 6.07) is 12.1. The van der Waals surface area contributed by atoms with Crippen molar-refractivity contribution in [2.24, 2.45) is 0 Å². The van der Waals surface area contributed by atoms with Crippen molar-refractivity contribution < 1.29 is 23.8 Å². The molecule has 1 aliphatic carbocycles. The lowest BCUT2D eigenvalue weighted by Gasteiger charge is -2.20. The van der Waals surface area contributed by atoms with Gasteiger partial charge in [-0.2, -0.15) is 11.8 Å². The van der Waals surface area contributed by atoms with Gasteiger partial charge in [-0.05, 0) is 55.0 Å². The fraction of sp³-hybridized carbons (Fsp3) is 0.320. The number of aliphatic carboxylic acids is 1. The van der Waals surface area contributed by atoms with E-state index >= 15 is 0 Å². The lowest BCUT2D eigenvalue weighted by molar-refractivity contribution is -0.307. The standard InChI is InChI=1S/C25H25NO6S/c1-15-10-20(23-17-8-5-9-18(17)25(30)32-21(23)11-15)31-12-22(27)26-19(24(28)29)14-33-13-16-6-3-2-4-7-16/h2-4,6-7,10-11,19H,5,8-9,12-14H2,1H3,(H,26,27)(H,28,29)/p-1/t19-/m0/s1. The molecule has 0 radical (unpaired) electrons. The lowest BCUT2D eigenvalue weighted by Crippen LogP contribution is -2.50. The van der Waals surface area contributed by atoms with Crippen molar-refractivity contribution in [2.45, 2.75) is 38.0 Å². The molecule has 0 fully saturated rings. The van der Waals surface area contributed by atoms with E-state index in [2.05, 4.69) is 5.32 Å². The predicted octanol–water partition coefficient (Wildman–Crippen LogP) is 2.14. The van der Waals surface area contributed by atoms with Crippen LogP contribution in [0.25, 0.3) is 11.0 Å². The van der Waals surface area contributed by atoms with Gasteiger partial charge in [0, 0.05) is 17.1 Å². The summed E-state index contributed by atoms with van der Waals surface area (Å²) in [7, 11) is 0. The molecule has 2 aromatic carbocycles. The van der Waals surface area contributed by atoms with Gasteiger partial charge in [0.25, 0.3) is 5.91 Å². The van der Waals surface area contributed by atoms with Crippen LogP contribution in [0.4, 0.5) is 0 Å². The SMILES string of the molecule is Cc1cc(OCC(=O)N[C@@H](CSCc2ccccc2)C(=O)[O-])c2c3c(c(=O)oc2c1)CCC3. The molecule has 33 heavy (non-hydrogen) atoms. The third-order valence-corrected chi connectivity index (χ3v) is 6.66. The van der Waals surface area contributed by atoms with Crippen LogP contribution in [-0.2, 0) is 28.2 Å². The highest BCUT2D eigenvalue weighted by molar-refractivity contribution is 7.98. The maximum atomic E-state index is 12.5. The number of carbonyl (C=O) groups excluding carboxylic acids is 2. The minimum Gasteiger partial charge on any atom is -0.548 e. The summed E-state index contributed by atoms with van der Waals surface area (Å²) in [5, 5.41) is 14.7. The largest absolute Gasteiger partial charge is 0.548 e. The Kier molecular flexibility index (Phi) is 7.03. The Hall–Kier alpha value is -3.26. The molecular weight excluding hydrogens is 442 g/mol. The Balaban J connectivity index is 1.42. The van der Waals surface area contributed by atoms with Crippen LogP contribution in [0.15, 0.2) is 51.7 Å². The quantitative estimate of drug-likeness (QED) is 0.481. The Labute approximate surface area is 195 Å². The molecule has 172 valence electrons. The Morgan fingerprint density at radius 2 is 1.94 bits per heavy atom. The number of hydrogen-bond acceptors (Lipinski definition) is 7. The molecule has 8 heteroatoms. The van der Waals surface area contributed by atoms with Crippen molar-refractivity contribution in [3.8, 4) is 5.75 Å². The van der Waals surface area contributed by atoms with Gasteiger partial charge in [-0.15, -0.1) is 0 Å². The number of carboxylic acids is 1. The summed E-state index contributed by atoms with van der Waals surface area (Å²) in [4.78, 5) is 36.2. The zero-order chi connectivity index (χ0) is 23.4. The average molecular weight is 467 g/mol. The topological polar surface area (TPSA) is 109 Å². The van der Waals surface area contributed by atoms with E-state index in [0.717, 1.165) is 29.5 Å². The summed E-state index contributed by atoms with van der Waals surface area (Å²) in [5.74, 6) is -0.652. The van der Waals surface area contributed by atoms with Gasteiger partial charge in [0.05, 0.1) is 17.4 Å². The number of hydrogen-bond donors (Lipinski definition) is 1. The zero-order valence-corrected chi connectivity index (χ0v) is 19.0. The van der Waals surface area contributed by atoms with E-state index in [1.54, 1.807) is 12.1 Å². The molecule has 0 aliphatic heterocycles. The maximum Gasteiger partial charge on any atom is 0.339 e. The lowest BCUT2D eigenvalue weighted by atomic mass is 10.0. The molecule has 0 saturated carbocycles. The van der Waals surface area contributed by atoms with Crippen LogP contribution in [-0.4, -0.2) is 30.3 Å². The van der Waals surface area contributed by atoms with Crippen molar-refractivity contribution in [3.05, 3.63) is 75.1 Å². The van der Waals surface area contributed by atoms with E-state index in [0.29, 0.717) is 34.5 Å². The van der Waals surface area contributed by atoms with E-state index < -0.39 is 17.9 Å². The van der Waals surface area contributed by atoms with Crippen LogP contribution < -0.4 is 20.8 Å². The molecule has 1 N–H and O–H groups in total. The van der Waals surface area contributed by atoms with E-state index in [9.17, 15) is 19.5 Å². The van der Waals surface area contributed by atoms with Crippen molar-refractivity contribution >= 4 is 34.6 Å². The molecule has 0 spiro atoms. The Morgan fingerprint density at radius 1 is 1.18 bits per heavy atom. The predicted molar refractivity (Wildman–Crippen MR) is 124 cm³/mol. The normalized spacial score (nSPS) is 13.5. The molecule has 1 aromatic heterocycles. The summed E-state index contributed by atoms with van der Waals surface area (Å²) in [5.41, 5.74) is 3.56. The van der Waals surface area contributed by atoms with Gasteiger partial charge in [-0.1, -0.05) is 30.3 Å². The van der Waals surface area contributed by atoms with Gasteiger partial charge in [0.2, 0.25) is 0 Å². The van der Waals surface area contributed by atoms with Crippen LogP contribution in [0.3, 0.4) is 0 Å². The highest BCUT2D eigenvalue weighted by Crippen LogP contribution is 2.35. The summed E-state index contributed by atoms with van der Waals surface area (Å²) >= 11 is 1.40. The third-order valence-electron chi connectivity index (χ3n) is 5.55. The smallest absolute Gasteiger partial charge is 0.339 e. The molecule has 0 unspecified atom stereocenters. The number of amides is 1. The Morgan fingerprint density at radius 3 is 2.70 bits per heavy atom. The van der Waals surface area contributed by atoms with E-state index in [1.807, 2.05) is 37.3 Å². The first-order valence-corrected chi connectivity index (χ1v) is 11.9. The van der Waals surface area contributed by atoms with Gasteiger partial charge in [0.1, 0.15) is 11.3 Å². The van der Waals surface area contributed by atoms with Gasteiger partial charge < -0.3 is 24.4 Å². The van der Waals surface area contributed by atoms with E-state index in [4.69, 9.17) is 9.15 Å². The second kappa shape index (κ2) is 10.1. The van der Waals surface area contributed by atoms with Crippen molar-refractivity contribution in [3.63, 3.8) is 0 Å². The number of nitrogens with one attached hydrogen (secondary N) is 1. The van der Waals surface area contributed by atoms with Crippen LogP contribution in [0, 0.1) is 6.92 Å². The number of thioether (sulfide) groups is 1. The third kappa shape index (κ3) is 5.39. The molecule has 1 amide bonds. The van der Waals surface area contributed by atoms with E-state index in [1.165, 1.54) is 11.8 Å². The number of carbonyl (C=O) groups is 2. The fourth-order valence-corrected chi connectivity index (χ4v) is 5.04. The molecule has 1 heterocycles. The van der Waals surface area contributed by atoms with Crippen molar-refractivity contribution in [1.82, 2.24) is 5.32 Å².